The summed E-state index contributed by atoms with van der Waals surface area (Å²) >= 11 is 0. The van der Waals surface area contributed by atoms with E-state index in [1.165, 1.54) is 6.42 Å². The summed E-state index contributed by atoms with van der Waals surface area (Å²) in [5.74, 6) is 0. The van der Waals surface area contributed by atoms with Gasteiger partial charge in [-0.1, -0.05) is 19.1 Å². The molecular formula is C11H23NO. The lowest BCUT2D eigenvalue weighted by Gasteiger charge is -2.11. The molecule has 0 aliphatic carbocycles. The van der Waals surface area contributed by atoms with E-state index in [-0.39, 0.29) is 0 Å². The van der Waals surface area contributed by atoms with Gasteiger partial charge in [-0.25, -0.2) is 0 Å². The van der Waals surface area contributed by atoms with Gasteiger partial charge in [-0.15, -0.1) is 0 Å². The summed E-state index contributed by atoms with van der Waals surface area (Å²) in [6, 6.07) is 0. The van der Waals surface area contributed by atoms with E-state index in [0.717, 1.165) is 26.1 Å². The molecule has 2 nitrogen and oxygen atoms in total. The number of allylic oxidation sites excluding steroid dienone is 1. The summed E-state index contributed by atoms with van der Waals surface area (Å²) in [7, 11) is 0. The van der Waals surface area contributed by atoms with Crippen molar-refractivity contribution in [1.29, 1.82) is 0 Å². The van der Waals surface area contributed by atoms with Gasteiger partial charge in [0.2, 0.25) is 0 Å². The van der Waals surface area contributed by atoms with Crippen molar-refractivity contribution in [2.24, 2.45) is 0 Å². The van der Waals surface area contributed by atoms with Gasteiger partial charge in [0.25, 0.3) is 0 Å². The van der Waals surface area contributed by atoms with Crippen molar-refractivity contribution in [3.8, 4) is 0 Å². The SMILES string of the molecule is CC=CCOC(C)CCCNCC. The molecule has 0 radical (unpaired) electrons. The van der Waals surface area contributed by atoms with E-state index in [1.807, 2.05) is 19.1 Å². The first kappa shape index (κ1) is 12.7. The van der Waals surface area contributed by atoms with Crippen LogP contribution in [0.25, 0.3) is 0 Å². The number of hydrogen-bond donors (Lipinski definition) is 1. The Morgan fingerprint density at radius 2 is 2.23 bits per heavy atom. The molecule has 2 heteroatoms. The Morgan fingerprint density at radius 3 is 2.85 bits per heavy atom. The lowest BCUT2D eigenvalue weighted by atomic mass is 10.2. The number of rotatable bonds is 8. The van der Waals surface area contributed by atoms with Crippen LogP contribution in [0.4, 0.5) is 0 Å². The molecule has 0 bridgehead atoms. The Kier molecular flexibility index (Phi) is 9.49. The molecule has 0 aliphatic heterocycles. The summed E-state index contributed by atoms with van der Waals surface area (Å²) in [6.45, 7) is 9.20. The molecule has 0 heterocycles. The number of nitrogens with one attached hydrogen (secondary N) is 1. The molecule has 78 valence electrons. The predicted molar refractivity (Wildman–Crippen MR) is 58.0 cm³/mol. The Morgan fingerprint density at radius 1 is 1.46 bits per heavy atom. The molecule has 13 heavy (non-hydrogen) atoms. The molecule has 0 rings (SSSR count). The lowest BCUT2D eigenvalue weighted by molar-refractivity contribution is 0.0803. The van der Waals surface area contributed by atoms with E-state index in [2.05, 4.69) is 19.2 Å². The molecule has 0 saturated heterocycles. The molecule has 1 unspecified atom stereocenters. The van der Waals surface area contributed by atoms with Gasteiger partial charge in [-0.05, 0) is 39.8 Å². The monoisotopic (exact) mass is 185 g/mol. The highest BCUT2D eigenvalue weighted by Crippen LogP contribution is 2.00. The molecule has 1 N–H and O–H groups in total. The fraction of sp³-hybridized carbons (Fsp3) is 0.818. The highest BCUT2D eigenvalue weighted by Gasteiger charge is 1.99. The molecule has 0 fully saturated rings. The van der Waals surface area contributed by atoms with E-state index in [1.54, 1.807) is 0 Å². The average molecular weight is 185 g/mol. The maximum absolute atomic E-state index is 5.55. The van der Waals surface area contributed by atoms with Crippen LogP contribution < -0.4 is 5.32 Å². The van der Waals surface area contributed by atoms with E-state index < -0.39 is 0 Å². The molecule has 1 atom stereocenters. The second-order valence-corrected chi connectivity index (χ2v) is 3.21. The third-order valence-electron chi connectivity index (χ3n) is 1.93. The number of ether oxygens (including phenoxy) is 1. The Hall–Kier alpha value is -0.340. The van der Waals surface area contributed by atoms with Crippen molar-refractivity contribution in [3.63, 3.8) is 0 Å². The lowest BCUT2D eigenvalue weighted by Crippen LogP contribution is -2.16. The minimum Gasteiger partial charge on any atom is -0.374 e. The Balaban J connectivity index is 3.14. The summed E-state index contributed by atoms with van der Waals surface area (Å²) in [5, 5.41) is 3.30. The first-order valence-corrected chi connectivity index (χ1v) is 5.24. The van der Waals surface area contributed by atoms with Gasteiger partial charge in [0.15, 0.2) is 0 Å². The molecule has 0 aliphatic rings. The topological polar surface area (TPSA) is 21.3 Å². The molecule has 0 aromatic heterocycles. The minimum absolute atomic E-state index is 0.384. The van der Waals surface area contributed by atoms with Crippen molar-refractivity contribution in [2.45, 2.75) is 39.7 Å². The maximum Gasteiger partial charge on any atom is 0.0650 e. The van der Waals surface area contributed by atoms with Crippen LogP contribution in [-0.4, -0.2) is 25.8 Å². The summed E-state index contributed by atoms with van der Waals surface area (Å²) in [4.78, 5) is 0. The van der Waals surface area contributed by atoms with Crippen molar-refractivity contribution < 1.29 is 4.74 Å². The third kappa shape index (κ3) is 9.57. The van der Waals surface area contributed by atoms with Gasteiger partial charge in [0, 0.05) is 0 Å². The molecule has 0 amide bonds. The molecule has 0 saturated carbocycles. The van der Waals surface area contributed by atoms with Gasteiger partial charge in [0.1, 0.15) is 0 Å². The fourth-order valence-electron chi connectivity index (χ4n) is 1.09. The average Bonchev–Trinajstić information content (AvgIpc) is 2.13. The van der Waals surface area contributed by atoms with Gasteiger partial charge in [-0.3, -0.25) is 0 Å². The zero-order chi connectivity index (χ0) is 9.94. The largest absolute Gasteiger partial charge is 0.374 e. The van der Waals surface area contributed by atoms with Crippen LogP contribution in [0.5, 0.6) is 0 Å². The molecule has 0 aromatic carbocycles. The number of hydrogen-bond acceptors (Lipinski definition) is 2. The van der Waals surface area contributed by atoms with Gasteiger partial charge in [0.05, 0.1) is 12.7 Å². The van der Waals surface area contributed by atoms with Crippen LogP contribution in [0.15, 0.2) is 12.2 Å². The fourth-order valence-corrected chi connectivity index (χ4v) is 1.09. The zero-order valence-electron chi connectivity index (χ0n) is 9.18. The van der Waals surface area contributed by atoms with Gasteiger partial charge in [-0.2, -0.15) is 0 Å². The van der Waals surface area contributed by atoms with Gasteiger partial charge < -0.3 is 10.1 Å². The van der Waals surface area contributed by atoms with Crippen molar-refractivity contribution in [3.05, 3.63) is 12.2 Å². The highest BCUT2D eigenvalue weighted by molar-refractivity contribution is 4.76. The first-order valence-electron chi connectivity index (χ1n) is 5.24. The zero-order valence-corrected chi connectivity index (χ0v) is 9.18. The second kappa shape index (κ2) is 9.75. The quantitative estimate of drug-likeness (QED) is 0.463. The highest BCUT2D eigenvalue weighted by atomic mass is 16.5. The summed E-state index contributed by atoms with van der Waals surface area (Å²) < 4.78 is 5.55. The standard InChI is InChI=1S/C11H23NO/c1-4-6-10-13-11(3)8-7-9-12-5-2/h4,6,11-12H,5,7-10H2,1-3H3. The van der Waals surface area contributed by atoms with E-state index in [4.69, 9.17) is 4.74 Å². The van der Waals surface area contributed by atoms with E-state index >= 15 is 0 Å². The summed E-state index contributed by atoms with van der Waals surface area (Å²) in [6.07, 6.45) is 6.79. The second-order valence-electron chi connectivity index (χ2n) is 3.21. The van der Waals surface area contributed by atoms with Gasteiger partial charge >= 0.3 is 0 Å². The van der Waals surface area contributed by atoms with Crippen molar-refractivity contribution >= 4 is 0 Å². The normalized spacial score (nSPS) is 13.8. The predicted octanol–water partition coefficient (Wildman–Crippen LogP) is 2.36. The minimum atomic E-state index is 0.384. The first-order chi connectivity index (χ1) is 6.31. The Labute approximate surface area is 82.4 Å². The van der Waals surface area contributed by atoms with Crippen molar-refractivity contribution in [2.75, 3.05) is 19.7 Å². The molecular weight excluding hydrogens is 162 g/mol. The van der Waals surface area contributed by atoms with Crippen LogP contribution in [-0.2, 0) is 4.74 Å². The summed E-state index contributed by atoms with van der Waals surface area (Å²) in [5.41, 5.74) is 0. The van der Waals surface area contributed by atoms with Crippen LogP contribution in [0.2, 0.25) is 0 Å². The van der Waals surface area contributed by atoms with Crippen LogP contribution in [0.1, 0.15) is 33.6 Å². The van der Waals surface area contributed by atoms with Crippen molar-refractivity contribution in [1.82, 2.24) is 5.32 Å². The Bertz CT molecular complexity index is 123. The molecule has 0 aromatic rings. The molecule has 0 spiro atoms. The van der Waals surface area contributed by atoms with Crippen LogP contribution in [0, 0.1) is 0 Å². The third-order valence-corrected chi connectivity index (χ3v) is 1.93. The van der Waals surface area contributed by atoms with Crippen LogP contribution in [0.3, 0.4) is 0 Å². The van der Waals surface area contributed by atoms with E-state index in [0.29, 0.717) is 6.10 Å². The maximum atomic E-state index is 5.55. The van der Waals surface area contributed by atoms with E-state index in [9.17, 15) is 0 Å². The smallest absolute Gasteiger partial charge is 0.0650 e. The van der Waals surface area contributed by atoms with Crippen LogP contribution >= 0.6 is 0 Å².